The van der Waals surface area contributed by atoms with Crippen LogP contribution in [0.3, 0.4) is 0 Å². The first-order valence-corrected chi connectivity index (χ1v) is 11.7. The van der Waals surface area contributed by atoms with Crippen LogP contribution in [0.2, 0.25) is 0 Å². The molecule has 0 aromatic heterocycles. The first kappa shape index (κ1) is 21.3. The molecule has 0 fully saturated rings. The molecule has 0 aliphatic rings. The van der Waals surface area contributed by atoms with E-state index in [2.05, 4.69) is 113 Å². The molecule has 0 heterocycles. The number of hydrogen-bond donors (Lipinski definition) is 0. The van der Waals surface area contributed by atoms with Gasteiger partial charge in [0.15, 0.2) is 0 Å². The van der Waals surface area contributed by atoms with Gasteiger partial charge in [-0.05, 0) is 96.3 Å². The summed E-state index contributed by atoms with van der Waals surface area (Å²) in [7, 11) is 0.637. The van der Waals surface area contributed by atoms with Crippen LogP contribution in [-0.4, -0.2) is 0 Å². The van der Waals surface area contributed by atoms with Crippen LogP contribution >= 0.6 is 8.58 Å². The van der Waals surface area contributed by atoms with Gasteiger partial charge in [0, 0.05) is 0 Å². The summed E-state index contributed by atoms with van der Waals surface area (Å²) in [5, 5.41) is 2.71. The third-order valence-electron chi connectivity index (χ3n) is 6.30. The van der Waals surface area contributed by atoms with Crippen molar-refractivity contribution >= 4 is 19.2 Å². The molecule has 0 aliphatic heterocycles. The SMILES string of the molecule is Cc1c(C)c(C)c(Oc2ccc(-c3ccccc3Pc3ccccc3)cc2)c(C)c1C. The second-order valence-corrected chi connectivity index (χ2v) is 9.48. The van der Waals surface area contributed by atoms with Crippen molar-refractivity contribution in [3.8, 4) is 22.6 Å². The average molecular weight is 425 g/mol. The van der Waals surface area contributed by atoms with E-state index in [4.69, 9.17) is 4.74 Å². The highest BCUT2D eigenvalue weighted by Gasteiger charge is 2.14. The molecule has 0 saturated heterocycles. The molecule has 1 unspecified atom stereocenters. The normalized spacial score (nSPS) is 11.3. The van der Waals surface area contributed by atoms with Gasteiger partial charge in [0.05, 0.1) is 0 Å². The Morgan fingerprint density at radius 2 is 1.10 bits per heavy atom. The highest BCUT2D eigenvalue weighted by atomic mass is 31.1. The van der Waals surface area contributed by atoms with Crippen molar-refractivity contribution in [3.63, 3.8) is 0 Å². The highest BCUT2D eigenvalue weighted by Crippen LogP contribution is 2.36. The Hall–Kier alpha value is -2.89. The summed E-state index contributed by atoms with van der Waals surface area (Å²) in [6.07, 6.45) is 0. The van der Waals surface area contributed by atoms with Crippen LogP contribution < -0.4 is 15.3 Å². The van der Waals surface area contributed by atoms with E-state index >= 15 is 0 Å². The Bertz CT molecular complexity index is 1180. The second-order valence-electron chi connectivity index (χ2n) is 8.12. The Kier molecular flexibility index (Phi) is 6.25. The molecule has 1 atom stereocenters. The number of benzene rings is 4. The van der Waals surface area contributed by atoms with E-state index in [1.807, 2.05) is 0 Å². The standard InChI is InChI=1S/C29H29OP/c1-19-20(2)22(4)29(23(5)21(19)3)30-25-17-15-24(16-18-25)27-13-9-10-14-28(27)31-26-11-7-6-8-12-26/h6-18,31H,1-5H3. The minimum absolute atomic E-state index is 0.637. The van der Waals surface area contributed by atoms with Crippen molar-refractivity contribution in [2.24, 2.45) is 0 Å². The Balaban J connectivity index is 1.62. The Morgan fingerprint density at radius 3 is 1.74 bits per heavy atom. The van der Waals surface area contributed by atoms with E-state index in [0.29, 0.717) is 8.58 Å². The van der Waals surface area contributed by atoms with E-state index in [-0.39, 0.29) is 0 Å². The predicted octanol–water partition coefficient (Wildman–Crippen LogP) is 7.32. The predicted molar refractivity (Wildman–Crippen MR) is 136 cm³/mol. The lowest BCUT2D eigenvalue weighted by molar-refractivity contribution is 0.474. The van der Waals surface area contributed by atoms with Crippen molar-refractivity contribution in [1.82, 2.24) is 0 Å². The molecule has 0 aliphatic carbocycles. The van der Waals surface area contributed by atoms with E-state index < -0.39 is 0 Å². The maximum Gasteiger partial charge on any atom is 0.133 e. The average Bonchev–Trinajstić information content (AvgIpc) is 2.81. The quantitative estimate of drug-likeness (QED) is 0.305. The summed E-state index contributed by atoms with van der Waals surface area (Å²) in [4.78, 5) is 0. The first-order valence-electron chi connectivity index (χ1n) is 10.7. The molecule has 2 heteroatoms. The number of rotatable bonds is 5. The molecular formula is C29H29OP. The van der Waals surface area contributed by atoms with Crippen LogP contribution in [0.15, 0.2) is 78.9 Å². The fourth-order valence-electron chi connectivity index (χ4n) is 3.96. The number of hydrogen-bond acceptors (Lipinski definition) is 1. The first-order chi connectivity index (χ1) is 15.0. The summed E-state index contributed by atoms with van der Waals surface area (Å²) in [6.45, 7) is 10.9. The highest BCUT2D eigenvalue weighted by molar-refractivity contribution is 7.55. The van der Waals surface area contributed by atoms with E-state index in [9.17, 15) is 0 Å². The van der Waals surface area contributed by atoms with Crippen LogP contribution in [0.25, 0.3) is 11.1 Å². The van der Waals surface area contributed by atoms with Gasteiger partial charge in [0.2, 0.25) is 0 Å². The third-order valence-corrected chi connectivity index (χ3v) is 7.62. The monoisotopic (exact) mass is 424 g/mol. The lowest BCUT2D eigenvalue weighted by atomic mass is 9.94. The van der Waals surface area contributed by atoms with Gasteiger partial charge in [0.25, 0.3) is 0 Å². The molecule has 1 nitrogen and oxygen atoms in total. The molecular weight excluding hydrogens is 395 g/mol. The molecule has 0 saturated carbocycles. The van der Waals surface area contributed by atoms with Crippen LogP contribution in [0.4, 0.5) is 0 Å². The lowest BCUT2D eigenvalue weighted by Gasteiger charge is -2.19. The third kappa shape index (κ3) is 4.43. The zero-order valence-corrected chi connectivity index (χ0v) is 19.9. The van der Waals surface area contributed by atoms with Gasteiger partial charge in [-0.1, -0.05) is 75.3 Å². The summed E-state index contributed by atoms with van der Waals surface area (Å²) < 4.78 is 6.38. The number of ether oxygens (including phenoxy) is 1. The van der Waals surface area contributed by atoms with Crippen molar-refractivity contribution in [3.05, 3.63) is 107 Å². The molecule has 4 rings (SSSR count). The summed E-state index contributed by atoms with van der Waals surface area (Å²) in [5.74, 6) is 1.86. The van der Waals surface area contributed by atoms with Crippen LogP contribution in [0.1, 0.15) is 27.8 Å². The van der Waals surface area contributed by atoms with Crippen molar-refractivity contribution in [1.29, 1.82) is 0 Å². The molecule has 4 aromatic rings. The van der Waals surface area contributed by atoms with Crippen LogP contribution in [-0.2, 0) is 0 Å². The van der Waals surface area contributed by atoms with Gasteiger partial charge < -0.3 is 4.74 Å². The lowest BCUT2D eigenvalue weighted by Crippen LogP contribution is -2.05. The zero-order valence-electron chi connectivity index (χ0n) is 18.9. The summed E-state index contributed by atoms with van der Waals surface area (Å²) in [6, 6.07) is 27.9. The van der Waals surface area contributed by atoms with Crippen molar-refractivity contribution in [2.45, 2.75) is 34.6 Å². The fourth-order valence-corrected chi connectivity index (χ4v) is 5.17. The van der Waals surface area contributed by atoms with Crippen molar-refractivity contribution < 1.29 is 4.74 Å². The van der Waals surface area contributed by atoms with Crippen LogP contribution in [0.5, 0.6) is 11.5 Å². The van der Waals surface area contributed by atoms with E-state index in [0.717, 1.165) is 11.5 Å². The molecule has 0 bridgehead atoms. The minimum atomic E-state index is 0.637. The molecule has 0 radical (unpaired) electrons. The molecule has 31 heavy (non-hydrogen) atoms. The Labute approximate surface area is 187 Å². The minimum Gasteiger partial charge on any atom is -0.457 e. The fraction of sp³-hybridized carbons (Fsp3) is 0.172. The van der Waals surface area contributed by atoms with E-state index in [1.165, 1.54) is 49.6 Å². The van der Waals surface area contributed by atoms with Gasteiger partial charge in [-0.3, -0.25) is 0 Å². The molecule has 0 amide bonds. The van der Waals surface area contributed by atoms with Crippen LogP contribution in [0, 0.1) is 34.6 Å². The zero-order chi connectivity index (χ0) is 22.0. The maximum atomic E-state index is 6.38. The maximum absolute atomic E-state index is 6.38. The van der Waals surface area contributed by atoms with Gasteiger partial charge in [-0.25, -0.2) is 0 Å². The van der Waals surface area contributed by atoms with Gasteiger partial charge in [-0.2, -0.15) is 0 Å². The Morgan fingerprint density at radius 1 is 0.548 bits per heavy atom. The van der Waals surface area contributed by atoms with Gasteiger partial charge in [-0.15, -0.1) is 0 Å². The molecule has 156 valence electrons. The second kappa shape index (κ2) is 9.08. The topological polar surface area (TPSA) is 9.23 Å². The largest absolute Gasteiger partial charge is 0.457 e. The van der Waals surface area contributed by atoms with E-state index in [1.54, 1.807) is 0 Å². The smallest absolute Gasteiger partial charge is 0.133 e. The summed E-state index contributed by atoms with van der Waals surface area (Å²) >= 11 is 0. The summed E-state index contributed by atoms with van der Waals surface area (Å²) in [5.41, 5.74) is 8.92. The molecule has 0 N–H and O–H groups in total. The van der Waals surface area contributed by atoms with Gasteiger partial charge in [0.1, 0.15) is 11.5 Å². The van der Waals surface area contributed by atoms with Gasteiger partial charge >= 0.3 is 0 Å². The molecule has 4 aromatic carbocycles. The molecule has 0 spiro atoms. The van der Waals surface area contributed by atoms with Crippen molar-refractivity contribution in [2.75, 3.05) is 0 Å².